The lowest BCUT2D eigenvalue weighted by molar-refractivity contribution is 0.564. The molecule has 0 radical (unpaired) electrons. The zero-order valence-corrected chi connectivity index (χ0v) is 9.58. The van der Waals surface area contributed by atoms with Gasteiger partial charge in [-0.3, -0.25) is 0 Å². The summed E-state index contributed by atoms with van der Waals surface area (Å²) in [5, 5.41) is 11.8. The maximum Gasteiger partial charge on any atom is 0.148 e. The van der Waals surface area contributed by atoms with Gasteiger partial charge in [0.25, 0.3) is 0 Å². The molecule has 1 aliphatic rings. The number of rotatable bonds is 3. The van der Waals surface area contributed by atoms with Gasteiger partial charge in [-0.2, -0.15) is 5.10 Å². The first-order valence-electron chi connectivity index (χ1n) is 5.91. The van der Waals surface area contributed by atoms with Crippen LogP contribution in [0.5, 0.6) is 0 Å². The van der Waals surface area contributed by atoms with Crippen LogP contribution in [0.15, 0.2) is 6.07 Å². The number of aromatic nitrogens is 2. The van der Waals surface area contributed by atoms with Gasteiger partial charge in [-0.25, -0.2) is 0 Å². The Morgan fingerprint density at radius 3 is 3.13 bits per heavy atom. The lowest BCUT2D eigenvalue weighted by atomic mass is 9.88. The van der Waals surface area contributed by atoms with Crippen LogP contribution in [0.25, 0.3) is 0 Å². The highest BCUT2D eigenvalue weighted by molar-refractivity contribution is 5.39. The van der Waals surface area contributed by atoms with Crippen LogP contribution in [0.2, 0.25) is 0 Å². The third-order valence-corrected chi connectivity index (χ3v) is 3.01. The normalized spacial score (nSPS) is 19.7. The van der Waals surface area contributed by atoms with Crippen molar-refractivity contribution in [3.05, 3.63) is 17.3 Å². The molecule has 0 saturated carbocycles. The summed E-state index contributed by atoms with van der Waals surface area (Å²) in [5.41, 5.74) is 2.60. The third kappa shape index (κ3) is 2.28. The lowest BCUT2D eigenvalue weighted by Gasteiger charge is -2.20. The minimum absolute atomic E-state index is 0.585. The standard InChI is InChI=1S/C12H19N3/c1-3-7-13-11-8-10-6-4-5-9(2)12(10)15-14-11/h8-9H,3-7H2,1-2H3,(H,13,14). The number of fused-ring (bicyclic) bond motifs is 1. The van der Waals surface area contributed by atoms with Crippen molar-refractivity contribution < 1.29 is 0 Å². The second-order valence-electron chi connectivity index (χ2n) is 4.36. The molecule has 1 atom stereocenters. The zero-order valence-electron chi connectivity index (χ0n) is 9.58. The number of hydrogen-bond donors (Lipinski definition) is 1. The van der Waals surface area contributed by atoms with Crippen molar-refractivity contribution in [3.8, 4) is 0 Å². The third-order valence-electron chi connectivity index (χ3n) is 3.01. The van der Waals surface area contributed by atoms with E-state index in [0.29, 0.717) is 5.92 Å². The molecule has 1 aliphatic carbocycles. The highest BCUT2D eigenvalue weighted by Gasteiger charge is 2.18. The van der Waals surface area contributed by atoms with E-state index in [1.807, 2.05) is 0 Å². The molecule has 0 saturated heterocycles. The van der Waals surface area contributed by atoms with E-state index in [9.17, 15) is 0 Å². The predicted octanol–water partition coefficient (Wildman–Crippen LogP) is 2.74. The van der Waals surface area contributed by atoms with E-state index in [1.54, 1.807) is 0 Å². The van der Waals surface area contributed by atoms with Crippen molar-refractivity contribution in [3.63, 3.8) is 0 Å². The number of anilines is 1. The molecule has 0 spiro atoms. The molecule has 3 heteroatoms. The highest BCUT2D eigenvalue weighted by Crippen LogP contribution is 2.29. The lowest BCUT2D eigenvalue weighted by Crippen LogP contribution is -2.12. The molecule has 82 valence electrons. The van der Waals surface area contributed by atoms with E-state index in [-0.39, 0.29) is 0 Å². The minimum atomic E-state index is 0.585. The topological polar surface area (TPSA) is 37.8 Å². The summed E-state index contributed by atoms with van der Waals surface area (Å²) in [4.78, 5) is 0. The van der Waals surface area contributed by atoms with Crippen LogP contribution in [-0.4, -0.2) is 16.7 Å². The second kappa shape index (κ2) is 4.60. The van der Waals surface area contributed by atoms with E-state index < -0.39 is 0 Å². The van der Waals surface area contributed by atoms with E-state index in [0.717, 1.165) is 25.2 Å². The molecule has 1 aromatic heterocycles. The zero-order chi connectivity index (χ0) is 10.7. The Bertz CT molecular complexity index is 336. The summed E-state index contributed by atoms with van der Waals surface area (Å²) in [6, 6.07) is 2.17. The van der Waals surface area contributed by atoms with Gasteiger partial charge in [0.05, 0.1) is 5.69 Å². The molecule has 1 unspecified atom stereocenters. The average molecular weight is 205 g/mol. The van der Waals surface area contributed by atoms with E-state index in [4.69, 9.17) is 0 Å². The van der Waals surface area contributed by atoms with Gasteiger partial charge in [-0.05, 0) is 37.3 Å². The van der Waals surface area contributed by atoms with Crippen LogP contribution >= 0.6 is 0 Å². The first-order chi connectivity index (χ1) is 7.31. The van der Waals surface area contributed by atoms with Gasteiger partial charge in [0.1, 0.15) is 5.82 Å². The summed E-state index contributed by atoms with van der Waals surface area (Å²) in [5.74, 6) is 1.52. The van der Waals surface area contributed by atoms with E-state index in [1.165, 1.54) is 24.1 Å². The molecule has 1 heterocycles. The van der Waals surface area contributed by atoms with Crippen LogP contribution < -0.4 is 5.32 Å². The maximum atomic E-state index is 4.34. The van der Waals surface area contributed by atoms with Crippen molar-refractivity contribution >= 4 is 5.82 Å². The van der Waals surface area contributed by atoms with Gasteiger partial charge >= 0.3 is 0 Å². The van der Waals surface area contributed by atoms with Crippen molar-refractivity contribution in [2.75, 3.05) is 11.9 Å². The van der Waals surface area contributed by atoms with Crippen molar-refractivity contribution in [2.45, 2.75) is 45.4 Å². The Balaban J connectivity index is 2.18. The monoisotopic (exact) mass is 205 g/mol. The SMILES string of the molecule is CCCNc1cc2c(nn1)C(C)CCC2. The smallest absolute Gasteiger partial charge is 0.148 e. The van der Waals surface area contributed by atoms with Gasteiger partial charge in [-0.15, -0.1) is 5.10 Å². The van der Waals surface area contributed by atoms with Crippen LogP contribution in [0, 0.1) is 0 Å². The Morgan fingerprint density at radius 1 is 1.47 bits per heavy atom. The van der Waals surface area contributed by atoms with Crippen LogP contribution in [-0.2, 0) is 6.42 Å². The summed E-state index contributed by atoms with van der Waals surface area (Å²) in [6.07, 6.45) is 4.82. The maximum absolute atomic E-state index is 4.34. The van der Waals surface area contributed by atoms with Gasteiger partial charge in [0.15, 0.2) is 0 Å². The Labute approximate surface area is 91.3 Å². The molecule has 1 aromatic rings. The van der Waals surface area contributed by atoms with Crippen molar-refractivity contribution in [1.29, 1.82) is 0 Å². The van der Waals surface area contributed by atoms with Crippen LogP contribution in [0.1, 0.15) is 50.3 Å². The predicted molar refractivity (Wildman–Crippen MR) is 62.2 cm³/mol. The fraction of sp³-hybridized carbons (Fsp3) is 0.667. The first kappa shape index (κ1) is 10.4. The number of nitrogens with zero attached hydrogens (tertiary/aromatic N) is 2. The van der Waals surface area contributed by atoms with Crippen molar-refractivity contribution in [1.82, 2.24) is 10.2 Å². The minimum Gasteiger partial charge on any atom is -0.369 e. The Hall–Kier alpha value is -1.12. The fourth-order valence-corrected chi connectivity index (χ4v) is 2.13. The van der Waals surface area contributed by atoms with E-state index >= 15 is 0 Å². The summed E-state index contributed by atoms with van der Waals surface area (Å²) >= 11 is 0. The molecular formula is C12H19N3. The molecule has 0 amide bonds. The second-order valence-corrected chi connectivity index (χ2v) is 4.36. The molecule has 2 rings (SSSR count). The first-order valence-corrected chi connectivity index (χ1v) is 5.91. The number of aryl methyl sites for hydroxylation is 1. The number of hydrogen-bond acceptors (Lipinski definition) is 3. The summed E-state index contributed by atoms with van der Waals surface area (Å²) < 4.78 is 0. The highest BCUT2D eigenvalue weighted by atomic mass is 15.2. The molecule has 3 nitrogen and oxygen atoms in total. The fourth-order valence-electron chi connectivity index (χ4n) is 2.13. The Kier molecular flexibility index (Phi) is 3.19. The van der Waals surface area contributed by atoms with E-state index in [2.05, 4.69) is 35.4 Å². The van der Waals surface area contributed by atoms with Gasteiger partial charge in [-0.1, -0.05) is 13.8 Å². The molecule has 0 aliphatic heterocycles. The van der Waals surface area contributed by atoms with Gasteiger partial charge < -0.3 is 5.32 Å². The van der Waals surface area contributed by atoms with Crippen molar-refractivity contribution in [2.24, 2.45) is 0 Å². The number of nitrogens with one attached hydrogen (secondary N) is 1. The quantitative estimate of drug-likeness (QED) is 0.824. The molecule has 15 heavy (non-hydrogen) atoms. The van der Waals surface area contributed by atoms with Crippen LogP contribution in [0.4, 0.5) is 5.82 Å². The molecular weight excluding hydrogens is 186 g/mol. The summed E-state index contributed by atoms with van der Waals surface area (Å²) in [6.45, 7) is 5.37. The molecule has 0 fully saturated rings. The van der Waals surface area contributed by atoms with Gasteiger partial charge in [0.2, 0.25) is 0 Å². The van der Waals surface area contributed by atoms with Gasteiger partial charge in [0, 0.05) is 12.5 Å². The average Bonchev–Trinajstić information content (AvgIpc) is 2.26. The Morgan fingerprint density at radius 2 is 2.33 bits per heavy atom. The largest absolute Gasteiger partial charge is 0.369 e. The molecule has 0 aromatic carbocycles. The summed E-state index contributed by atoms with van der Waals surface area (Å²) in [7, 11) is 0. The molecule has 0 bridgehead atoms. The molecule has 1 N–H and O–H groups in total. The van der Waals surface area contributed by atoms with Crippen LogP contribution in [0.3, 0.4) is 0 Å².